The highest BCUT2D eigenvalue weighted by atomic mass is 16.2. The van der Waals surface area contributed by atoms with Crippen molar-refractivity contribution < 1.29 is 4.79 Å². The quantitative estimate of drug-likeness (QED) is 0.670. The summed E-state index contributed by atoms with van der Waals surface area (Å²) in [6.45, 7) is 2.11. The van der Waals surface area contributed by atoms with Crippen LogP contribution in [0.4, 0.5) is 0 Å². The second kappa shape index (κ2) is 3.99. The molecule has 20 heavy (non-hydrogen) atoms. The van der Waals surface area contributed by atoms with Crippen LogP contribution in [0, 0.1) is 41.4 Å². The monoisotopic (exact) mass is 269 g/mol. The zero-order chi connectivity index (χ0) is 13.3. The van der Waals surface area contributed by atoms with Gasteiger partial charge in [0.05, 0.1) is 0 Å². The summed E-state index contributed by atoms with van der Waals surface area (Å²) >= 11 is 0. The lowest BCUT2D eigenvalue weighted by atomic mass is 9.64. The van der Waals surface area contributed by atoms with Crippen LogP contribution in [-0.4, -0.2) is 23.9 Å². The summed E-state index contributed by atoms with van der Waals surface area (Å²) in [5, 5.41) is 0. The molecule has 2 bridgehead atoms. The molecular weight excluding hydrogens is 246 g/mol. The minimum absolute atomic E-state index is 0.278. The zero-order valence-corrected chi connectivity index (χ0v) is 11.9. The lowest BCUT2D eigenvalue weighted by molar-refractivity contribution is -0.135. The Balaban J connectivity index is 1.34. The minimum atomic E-state index is 0.278. The molecular formula is C18H23NO. The Bertz CT molecular complexity index is 482. The van der Waals surface area contributed by atoms with Crippen molar-refractivity contribution in [2.75, 3.05) is 13.1 Å². The predicted molar refractivity (Wildman–Crippen MR) is 77.8 cm³/mol. The molecule has 6 rings (SSSR count). The Morgan fingerprint density at radius 2 is 1.65 bits per heavy atom. The minimum Gasteiger partial charge on any atom is -0.342 e. The Morgan fingerprint density at radius 3 is 2.25 bits per heavy atom. The normalized spacial score (nSPS) is 51.0. The summed E-state index contributed by atoms with van der Waals surface area (Å²) in [7, 11) is 0. The van der Waals surface area contributed by atoms with Gasteiger partial charge in [-0.1, -0.05) is 24.3 Å². The Morgan fingerprint density at radius 1 is 0.950 bits per heavy atom. The smallest absolute Gasteiger partial charge is 0.226 e. The van der Waals surface area contributed by atoms with Crippen LogP contribution in [0.2, 0.25) is 0 Å². The highest BCUT2D eigenvalue weighted by Gasteiger charge is 2.61. The molecule has 5 aliphatic carbocycles. The molecule has 7 atom stereocenters. The van der Waals surface area contributed by atoms with Crippen molar-refractivity contribution in [1.82, 2.24) is 4.90 Å². The molecule has 1 aliphatic heterocycles. The highest BCUT2D eigenvalue weighted by molar-refractivity contribution is 5.79. The number of allylic oxidation sites excluding steroid dienone is 4. The van der Waals surface area contributed by atoms with E-state index in [0.29, 0.717) is 5.91 Å². The van der Waals surface area contributed by atoms with Gasteiger partial charge in [0, 0.05) is 19.0 Å². The molecule has 0 spiro atoms. The lowest BCUT2D eigenvalue weighted by Crippen LogP contribution is -2.37. The summed E-state index contributed by atoms with van der Waals surface area (Å²) in [5.74, 6) is 5.89. The van der Waals surface area contributed by atoms with Crippen LogP contribution < -0.4 is 0 Å². The maximum atomic E-state index is 12.7. The van der Waals surface area contributed by atoms with E-state index in [0.717, 1.165) is 67.9 Å². The van der Waals surface area contributed by atoms with Crippen molar-refractivity contribution >= 4 is 5.91 Å². The van der Waals surface area contributed by atoms with E-state index in [9.17, 15) is 4.79 Å². The van der Waals surface area contributed by atoms with Gasteiger partial charge in [0.2, 0.25) is 5.91 Å². The van der Waals surface area contributed by atoms with Gasteiger partial charge in [0.1, 0.15) is 0 Å². The van der Waals surface area contributed by atoms with Gasteiger partial charge in [0.25, 0.3) is 0 Å². The molecule has 0 aromatic carbocycles. The van der Waals surface area contributed by atoms with Crippen molar-refractivity contribution in [1.29, 1.82) is 0 Å². The highest BCUT2D eigenvalue weighted by Crippen LogP contribution is 2.64. The summed E-state index contributed by atoms with van der Waals surface area (Å²) in [6.07, 6.45) is 14.0. The topological polar surface area (TPSA) is 20.3 Å². The third kappa shape index (κ3) is 1.48. The molecule has 2 nitrogen and oxygen atoms in total. The van der Waals surface area contributed by atoms with E-state index in [1.54, 1.807) is 0 Å². The SMILES string of the molecule is O=C(C1CC=CCC1)N1CC2[C@@H](C1)[C@H]1C=C[C@@H]2[C@@H]2C[C@H]12. The van der Waals surface area contributed by atoms with Crippen LogP contribution in [0.25, 0.3) is 0 Å². The predicted octanol–water partition coefficient (Wildman–Crippen LogP) is 2.87. The molecule has 2 unspecified atom stereocenters. The molecule has 1 amide bonds. The second-order valence-corrected chi connectivity index (χ2v) is 7.66. The third-order valence-corrected chi connectivity index (χ3v) is 6.77. The molecule has 2 saturated carbocycles. The number of nitrogens with zero attached hydrogens (tertiary/aromatic N) is 1. The molecule has 6 aliphatic rings. The first-order valence-corrected chi connectivity index (χ1v) is 8.45. The third-order valence-electron chi connectivity index (χ3n) is 6.77. The largest absolute Gasteiger partial charge is 0.342 e. The molecule has 1 heterocycles. The zero-order valence-electron chi connectivity index (χ0n) is 11.9. The first kappa shape index (κ1) is 11.6. The molecule has 1 saturated heterocycles. The van der Waals surface area contributed by atoms with E-state index in [1.165, 1.54) is 6.42 Å². The number of hydrogen-bond donors (Lipinski definition) is 0. The van der Waals surface area contributed by atoms with E-state index in [-0.39, 0.29) is 5.92 Å². The number of carbonyl (C=O) groups excluding carboxylic acids is 1. The second-order valence-electron chi connectivity index (χ2n) is 7.66. The molecule has 0 N–H and O–H groups in total. The fourth-order valence-corrected chi connectivity index (χ4v) is 5.71. The number of likely N-dealkylation sites (tertiary alicyclic amines) is 1. The number of rotatable bonds is 1. The fraction of sp³-hybridized carbons (Fsp3) is 0.722. The summed E-state index contributed by atoms with van der Waals surface area (Å²) in [6, 6.07) is 0. The first-order valence-electron chi connectivity index (χ1n) is 8.45. The summed E-state index contributed by atoms with van der Waals surface area (Å²) < 4.78 is 0. The molecule has 0 radical (unpaired) electrons. The number of carbonyl (C=O) groups is 1. The van der Waals surface area contributed by atoms with Gasteiger partial charge in [-0.05, 0) is 61.2 Å². The van der Waals surface area contributed by atoms with Gasteiger partial charge in [-0.3, -0.25) is 4.79 Å². The van der Waals surface area contributed by atoms with Crippen LogP contribution in [0.15, 0.2) is 24.3 Å². The van der Waals surface area contributed by atoms with Crippen LogP contribution in [0.5, 0.6) is 0 Å². The van der Waals surface area contributed by atoms with E-state index in [2.05, 4.69) is 29.2 Å². The summed E-state index contributed by atoms with van der Waals surface area (Å²) in [4.78, 5) is 15.0. The van der Waals surface area contributed by atoms with E-state index >= 15 is 0 Å². The maximum absolute atomic E-state index is 12.7. The Labute approximate surface area is 120 Å². The van der Waals surface area contributed by atoms with Crippen LogP contribution in [0.1, 0.15) is 25.7 Å². The van der Waals surface area contributed by atoms with Gasteiger partial charge >= 0.3 is 0 Å². The van der Waals surface area contributed by atoms with E-state index in [4.69, 9.17) is 0 Å². The van der Waals surface area contributed by atoms with E-state index < -0.39 is 0 Å². The van der Waals surface area contributed by atoms with Crippen molar-refractivity contribution in [2.45, 2.75) is 25.7 Å². The van der Waals surface area contributed by atoms with Crippen LogP contribution in [-0.2, 0) is 4.79 Å². The number of hydrogen-bond acceptors (Lipinski definition) is 1. The van der Waals surface area contributed by atoms with E-state index in [1.807, 2.05) is 0 Å². The standard InChI is InChI=1S/C18H23NO/c20-18(11-4-2-1-3-5-11)19-9-16-12-6-7-13(17(16)10-19)15-8-14(12)15/h1-2,6-7,11-17H,3-5,8-10H2/t11?,12-,13+,14+,15-,16-,17?/m0/s1. The average molecular weight is 269 g/mol. The lowest BCUT2D eigenvalue weighted by Gasteiger charge is -2.40. The number of amides is 1. The van der Waals surface area contributed by atoms with Gasteiger partial charge in [-0.25, -0.2) is 0 Å². The Kier molecular flexibility index (Phi) is 2.31. The van der Waals surface area contributed by atoms with Crippen molar-refractivity contribution in [3.05, 3.63) is 24.3 Å². The molecule has 106 valence electrons. The molecule has 0 aromatic heterocycles. The first-order chi connectivity index (χ1) is 9.83. The molecule has 0 aromatic rings. The van der Waals surface area contributed by atoms with Crippen molar-refractivity contribution in [3.8, 4) is 0 Å². The molecule has 2 heteroatoms. The van der Waals surface area contributed by atoms with Crippen molar-refractivity contribution in [2.24, 2.45) is 41.4 Å². The Hall–Kier alpha value is -1.05. The van der Waals surface area contributed by atoms with Crippen molar-refractivity contribution in [3.63, 3.8) is 0 Å². The fourth-order valence-electron chi connectivity index (χ4n) is 5.71. The summed E-state index contributed by atoms with van der Waals surface area (Å²) in [5.41, 5.74) is 0. The maximum Gasteiger partial charge on any atom is 0.226 e. The van der Waals surface area contributed by atoms with Gasteiger partial charge < -0.3 is 4.90 Å². The van der Waals surface area contributed by atoms with Crippen LogP contribution in [0.3, 0.4) is 0 Å². The average Bonchev–Trinajstić information content (AvgIpc) is 3.20. The van der Waals surface area contributed by atoms with Gasteiger partial charge in [-0.2, -0.15) is 0 Å². The van der Waals surface area contributed by atoms with Crippen LogP contribution >= 0.6 is 0 Å². The van der Waals surface area contributed by atoms with Gasteiger partial charge in [-0.15, -0.1) is 0 Å². The van der Waals surface area contributed by atoms with Gasteiger partial charge in [0.15, 0.2) is 0 Å². The molecule has 3 fully saturated rings.